The summed E-state index contributed by atoms with van der Waals surface area (Å²) in [6, 6.07) is 4.15. The Balaban J connectivity index is 1.15. The van der Waals surface area contributed by atoms with E-state index in [-0.39, 0.29) is 18.5 Å². The predicted octanol–water partition coefficient (Wildman–Crippen LogP) is 4.23. The Labute approximate surface area is 163 Å². The van der Waals surface area contributed by atoms with Gasteiger partial charge in [-0.2, -0.15) is 0 Å². The van der Waals surface area contributed by atoms with E-state index in [1.165, 1.54) is 4.88 Å². The van der Waals surface area contributed by atoms with Crippen LogP contribution in [0.4, 0.5) is 13.6 Å². The largest absolute Gasteiger partial charge is 0.338 e. The predicted molar refractivity (Wildman–Crippen MR) is 103 cm³/mol. The number of hydrogen-bond donors (Lipinski definition) is 2. The molecule has 7 heteroatoms. The monoisotopic (exact) mass is 397 g/mol. The Morgan fingerprint density at radius 3 is 2.74 bits per heavy atom. The minimum Gasteiger partial charge on any atom is -0.338 e. The lowest BCUT2D eigenvalue weighted by Gasteiger charge is -2.33. The van der Waals surface area contributed by atoms with Crippen LogP contribution in [-0.4, -0.2) is 42.5 Å². The first-order valence-corrected chi connectivity index (χ1v) is 11.0. The number of likely N-dealkylation sites (tertiary alicyclic amines) is 1. The Morgan fingerprint density at radius 1 is 1.30 bits per heavy atom. The highest BCUT2D eigenvalue weighted by Crippen LogP contribution is 2.67. The van der Waals surface area contributed by atoms with Crippen molar-refractivity contribution in [3.8, 4) is 0 Å². The number of carbonyl (C=O) groups is 1. The summed E-state index contributed by atoms with van der Waals surface area (Å²) in [5.41, 5.74) is -0.740. The Bertz CT molecular complexity index is 644. The lowest BCUT2D eigenvalue weighted by molar-refractivity contribution is 0.0445. The summed E-state index contributed by atoms with van der Waals surface area (Å²) < 4.78 is 26.9. The van der Waals surface area contributed by atoms with Crippen LogP contribution in [0.5, 0.6) is 0 Å². The minimum absolute atomic E-state index is 0.0358. The normalized spacial score (nSPS) is 33.0. The highest BCUT2D eigenvalue weighted by atomic mass is 32.1. The Kier molecular flexibility index (Phi) is 5.43. The molecule has 4 nitrogen and oxygen atoms in total. The van der Waals surface area contributed by atoms with Crippen molar-refractivity contribution in [2.24, 2.45) is 11.3 Å². The zero-order valence-electron chi connectivity index (χ0n) is 15.7. The number of halogens is 2. The smallest absolute Gasteiger partial charge is 0.315 e. The average Bonchev–Trinajstić information content (AvgIpc) is 2.98. The lowest BCUT2D eigenvalue weighted by atomic mass is 9.83. The maximum Gasteiger partial charge on any atom is 0.315 e. The molecule has 1 aliphatic heterocycles. The van der Waals surface area contributed by atoms with Gasteiger partial charge < -0.3 is 10.6 Å². The fourth-order valence-corrected chi connectivity index (χ4v) is 5.54. The van der Waals surface area contributed by atoms with Crippen molar-refractivity contribution in [1.82, 2.24) is 15.5 Å². The third-order valence-electron chi connectivity index (χ3n) is 6.60. The van der Waals surface area contributed by atoms with Gasteiger partial charge in [-0.15, -0.1) is 11.3 Å². The number of hydrogen-bond acceptors (Lipinski definition) is 3. The van der Waals surface area contributed by atoms with Crippen LogP contribution in [0, 0.1) is 11.3 Å². The van der Waals surface area contributed by atoms with Crippen LogP contribution < -0.4 is 10.6 Å². The molecule has 2 amide bonds. The van der Waals surface area contributed by atoms with Crippen LogP contribution in [0.1, 0.15) is 49.8 Å². The van der Waals surface area contributed by atoms with Crippen molar-refractivity contribution in [2.45, 2.75) is 63.5 Å². The number of rotatable bonds is 5. The van der Waals surface area contributed by atoms with Crippen molar-refractivity contribution >= 4 is 17.4 Å². The first-order chi connectivity index (χ1) is 13.0. The Hall–Kier alpha value is -1.21. The molecule has 2 heterocycles. The summed E-state index contributed by atoms with van der Waals surface area (Å²) in [5, 5.41) is 8.11. The van der Waals surface area contributed by atoms with E-state index in [0.29, 0.717) is 38.1 Å². The molecule has 150 valence electrons. The topological polar surface area (TPSA) is 44.4 Å². The van der Waals surface area contributed by atoms with Crippen molar-refractivity contribution in [3.63, 3.8) is 0 Å². The molecule has 0 bridgehead atoms. The van der Waals surface area contributed by atoms with Crippen molar-refractivity contribution in [3.05, 3.63) is 22.4 Å². The summed E-state index contributed by atoms with van der Waals surface area (Å²) in [6.45, 7) is 3.81. The first kappa shape index (κ1) is 19.1. The van der Waals surface area contributed by atoms with Crippen LogP contribution in [0.2, 0.25) is 0 Å². The molecule has 2 aliphatic carbocycles. The molecule has 1 saturated heterocycles. The van der Waals surface area contributed by atoms with E-state index in [2.05, 4.69) is 33.0 Å². The quantitative estimate of drug-likeness (QED) is 0.781. The average molecular weight is 398 g/mol. The van der Waals surface area contributed by atoms with Crippen molar-refractivity contribution in [2.75, 3.05) is 19.6 Å². The fraction of sp³-hybridized carbons (Fsp3) is 0.750. The zero-order chi connectivity index (χ0) is 18.9. The van der Waals surface area contributed by atoms with Crippen molar-refractivity contribution < 1.29 is 13.6 Å². The summed E-state index contributed by atoms with van der Waals surface area (Å²) in [7, 11) is 0. The number of alkyl halides is 2. The molecule has 1 atom stereocenters. The van der Waals surface area contributed by atoms with Crippen LogP contribution in [0.15, 0.2) is 17.5 Å². The third kappa shape index (κ3) is 4.45. The third-order valence-corrected chi connectivity index (χ3v) is 7.46. The maximum absolute atomic E-state index is 13.4. The summed E-state index contributed by atoms with van der Waals surface area (Å²) in [5.74, 6) is -1.99. The van der Waals surface area contributed by atoms with Gasteiger partial charge in [0, 0.05) is 42.4 Å². The first-order valence-electron chi connectivity index (χ1n) is 10.1. The molecular formula is C20H29F2N3OS. The highest BCUT2D eigenvalue weighted by molar-refractivity contribution is 7.09. The second kappa shape index (κ2) is 7.66. The van der Waals surface area contributed by atoms with Crippen molar-refractivity contribution in [1.29, 1.82) is 0 Å². The van der Waals surface area contributed by atoms with Crippen LogP contribution in [0.25, 0.3) is 0 Å². The van der Waals surface area contributed by atoms with Crippen LogP contribution >= 0.6 is 11.3 Å². The fourth-order valence-electron chi connectivity index (χ4n) is 4.80. The second-order valence-corrected chi connectivity index (χ2v) is 9.65. The number of amides is 2. The van der Waals surface area contributed by atoms with Crippen LogP contribution in [-0.2, 0) is 6.54 Å². The van der Waals surface area contributed by atoms with E-state index in [1.807, 2.05) is 0 Å². The van der Waals surface area contributed by atoms with Gasteiger partial charge in [0.1, 0.15) is 0 Å². The van der Waals surface area contributed by atoms with Gasteiger partial charge in [0.15, 0.2) is 0 Å². The van der Waals surface area contributed by atoms with Gasteiger partial charge in [0.25, 0.3) is 5.92 Å². The molecule has 1 aromatic rings. The number of urea groups is 1. The number of nitrogens with one attached hydrogen (secondary N) is 2. The van der Waals surface area contributed by atoms with E-state index in [1.54, 1.807) is 11.3 Å². The van der Waals surface area contributed by atoms with Gasteiger partial charge >= 0.3 is 6.03 Å². The highest BCUT2D eigenvalue weighted by Gasteiger charge is 2.70. The molecule has 27 heavy (non-hydrogen) atoms. The molecule has 0 radical (unpaired) electrons. The molecule has 4 rings (SSSR count). The molecule has 0 aromatic carbocycles. The number of carbonyl (C=O) groups excluding carboxylic acids is 1. The van der Waals surface area contributed by atoms with E-state index in [0.717, 1.165) is 32.5 Å². The molecule has 2 N–H and O–H groups in total. The molecule has 2 saturated carbocycles. The number of nitrogens with zero attached hydrogens (tertiary/aromatic N) is 1. The zero-order valence-corrected chi connectivity index (χ0v) is 16.5. The lowest BCUT2D eigenvalue weighted by Crippen LogP contribution is -2.47. The maximum atomic E-state index is 13.4. The van der Waals surface area contributed by atoms with E-state index in [9.17, 15) is 13.6 Å². The second-order valence-electron chi connectivity index (χ2n) is 8.61. The standard InChI is InChI=1S/C20H29F2N3OS/c21-20(22)14-19(20)7-5-16(6-8-19)24-18(26)23-11-15-3-1-9-25(12-15)13-17-4-2-10-27-17/h2,4,10,15-16H,1,3,5-9,11-14H2,(H2,23,24,26). The summed E-state index contributed by atoms with van der Waals surface area (Å²) >= 11 is 1.79. The molecule has 1 unspecified atom stereocenters. The minimum atomic E-state index is -2.46. The van der Waals surface area contributed by atoms with Gasteiger partial charge in [0.2, 0.25) is 0 Å². The SMILES string of the molecule is O=C(NCC1CCCN(Cc2cccs2)C1)NC1CCC2(CC1)CC2(F)F. The van der Waals surface area contributed by atoms with Gasteiger partial charge in [-0.1, -0.05) is 6.07 Å². The summed E-state index contributed by atoms with van der Waals surface area (Å²) in [4.78, 5) is 16.1. The van der Waals surface area contributed by atoms with E-state index < -0.39 is 11.3 Å². The summed E-state index contributed by atoms with van der Waals surface area (Å²) in [6.07, 6.45) is 4.75. The number of piperidine rings is 1. The van der Waals surface area contributed by atoms with Gasteiger partial charge in [-0.25, -0.2) is 13.6 Å². The van der Waals surface area contributed by atoms with Gasteiger partial charge in [-0.05, 0) is 62.4 Å². The van der Waals surface area contributed by atoms with Crippen LogP contribution in [0.3, 0.4) is 0 Å². The molecule has 1 spiro atoms. The van der Waals surface area contributed by atoms with Gasteiger partial charge in [0.05, 0.1) is 0 Å². The number of thiophene rings is 1. The molecule has 3 fully saturated rings. The van der Waals surface area contributed by atoms with E-state index >= 15 is 0 Å². The molecule has 1 aromatic heterocycles. The van der Waals surface area contributed by atoms with E-state index in [4.69, 9.17) is 0 Å². The van der Waals surface area contributed by atoms with Gasteiger partial charge in [-0.3, -0.25) is 4.90 Å². The molecule has 3 aliphatic rings. The molecular weight excluding hydrogens is 368 g/mol. The Morgan fingerprint density at radius 2 is 2.07 bits per heavy atom.